The third-order valence-electron chi connectivity index (χ3n) is 4.77. The van der Waals surface area contributed by atoms with E-state index in [4.69, 9.17) is 4.74 Å². The van der Waals surface area contributed by atoms with E-state index in [9.17, 15) is 0 Å². The second-order valence-electron chi connectivity index (χ2n) is 6.40. The van der Waals surface area contributed by atoms with Crippen molar-refractivity contribution in [1.29, 1.82) is 0 Å². The molecular weight excluding hydrogens is 278 g/mol. The quantitative estimate of drug-likeness (QED) is 0.872. The number of nitrogens with one attached hydrogen (secondary N) is 1. The van der Waals surface area contributed by atoms with Gasteiger partial charge in [-0.3, -0.25) is 0 Å². The van der Waals surface area contributed by atoms with Crippen LogP contribution < -0.4 is 5.32 Å². The van der Waals surface area contributed by atoms with Gasteiger partial charge in [0.15, 0.2) is 0 Å². The molecule has 0 radical (unpaired) electrons. The molecule has 1 atom stereocenters. The Balaban J connectivity index is 1.55. The van der Waals surface area contributed by atoms with Gasteiger partial charge in [0.25, 0.3) is 0 Å². The summed E-state index contributed by atoms with van der Waals surface area (Å²) in [6.07, 6.45) is 7.73. The zero-order valence-electron chi connectivity index (χ0n) is 13.1. The van der Waals surface area contributed by atoms with Crippen LogP contribution in [0.1, 0.15) is 51.0 Å². The Labute approximate surface area is 133 Å². The lowest BCUT2D eigenvalue weighted by Crippen LogP contribution is -2.38. The summed E-state index contributed by atoms with van der Waals surface area (Å²) in [7, 11) is 0. The lowest BCUT2D eigenvalue weighted by Gasteiger charge is -2.38. The minimum atomic E-state index is 0.237. The summed E-state index contributed by atoms with van der Waals surface area (Å²) in [6, 6.07) is 9.09. The van der Waals surface area contributed by atoms with Crippen LogP contribution in [-0.2, 0) is 11.3 Å². The van der Waals surface area contributed by atoms with Gasteiger partial charge in [0.1, 0.15) is 0 Å². The molecule has 1 aromatic rings. The fraction of sp³-hybridized carbons (Fsp3) is 0.667. The van der Waals surface area contributed by atoms with Gasteiger partial charge in [-0.25, -0.2) is 0 Å². The summed E-state index contributed by atoms with van der Waals surface area (Å²) < 4.78 is 6.14. The molecule has 1 aliphatic heterocycles. The number of benzene rings is 1. The molecular formula is C18H27NOS. The van der Waals surface area contributed by atoms with Crippen LogP contribution >= 0.6 is 11.8 Å². The van der Waals surface area contributed by atoms with Crippen LogP contribution in [0.25, 0.3) is 0 Å². The average Bonchev–Trinajstić information content (AvgIpc) is 2.94. The van der Waals surface area contributed by atoms with Crippen molar-refractivity contribution in [2.45, 2.75) is 67.7 Å². The standard InChI is InChI=1S/C18H27NOS/c1-2-19-14-15-5-7-16(8-6-15)21-17-9-12-20-18(13-17)10-3-4-11-18/h5-8,17,19H,2-4,9-14H2,1H3. The summed E-state index contributed by atoms with van der Waals surface area (Å²) in [5, 5.41) is 4.11. The van der Waals surface area contributed by atoms with Crippen molar-refractivity contribution >= 4 is 11.8 Å². The molecule has 1 saturated heterocycles. The molecule has 2 aliphatic rings. The van der Waals surface area contributed by atoms with Crippen LogP contribution in [0, 0.1) is 0 Å². The van der Waals surface area contributed by atoms with Crippen molar-refractivity contribution in [3.63, 3.8) is 0 Å². The van der Waals surface area contributed by atoms with E-state index < -0.39 is 0 Å². The SMILES string of the molecule is CCNCc1ccc(SC2CCOC3(CCCC3)C2)cc1. The fourth-order valence-electron chi connectivity index (χ4n) is 3.60. The van der Waals surface area contributed by atoms with Gasteiger partial charge in [-0.05, 0) is 49.9 Å². The van der Waals surface area contributed by atoms with Crippen LogP contribution in [0.3, 0.4) is 0 Å². The highest BCUT2D eigenvalue weighted by Crippen LogP contribution is 2.44. The van der Waals surface area contributed by atoms with Crippen molar-refractivity contribution in [3.8, 4) is 0 Å². The lowest BCUT2D eigenvalue weighted by molar-refractivity contribution is -0.0703. The number of ether oxygens (including phenoxy) is 1. The van der Waals surface area contributed by atoms with Gasteiger partial charge in [0.05, 0.1) is 5.60 Å². The van der Waals surface area contributed by atoms with Gasteiger partial charge in [0.2, 0.25) is 0 Å². The largest absolute Gasteiger partial charge is 0.375 e. The van der Waals surface area contributed by atoms with Gasteiger partial charge in [-0.15, -0.1) is 11.8 Å². The van der Waals surface area contributed by atoms with Crippen molar-refractivity contribution < 1.29 is 4.74 Å². The van der Waals surface area contributed by atoms with Crippen LogP contribution in [0.15, 0.2) is 29.2 Å². The van der Waals surface area contributed by atoms with Crippen molar-refractivity contribution in [1.82, 2.24) is 5.32 Å². The molecule has 2 nitrogen and oxygen atoms in total. The Morgan fingerprint density at radius 2 is 2.00 bits per heavy atom. The molecule has 0 aromatic heterocycles. The van der Waals surface area contributed by atoms with Crippen LogP contribution in [0.2, 0.25) is 0 Å². The molecule has 1 saturated carbocycles. The molecule has 1 unspecified atom stereocenters. The zero-order valence-corrected chi connectivity index (χ0v) is 13.9. The summed E-state index contributed by atoms with van der Waals surface area (Å²) in [5.41, 5.74) is 1.61. The van der Waals surface area contributed by atoms with Crippen LogP contribution in [0.5, 0.6) is 0 Å². The third-order valence-corrected chi connectivity index (χ3v) is 6.05. The third kappa shape index (κ3) is 4.02. The molecule has 1 aromatic carbocycles. The van der Waals surface area contributed by atoms with Gasteiger partial charge < -0.3 is 10.1 Å². The number of thioether (sulfide) groups is 1. The van der Waals surface area contributed by atoms with Crippen molar-refractivity contribution in [2.24, 2.45) is 0 Å². The maximum Gasteiger partial charge on any atom is 0.0693 e. The Bertz CT molecular complexity index is 439. The summed E-state index contributed by atoms with van der Waals surface area (Å²) in [6.45, 7) is 5.10. The molecule has 0 bridgehead atoms. The van der Waals surface area contributed by atoms with Crippen molar-refractivity contribution in [2.75, 3.05) is 13.2 Å². The average molecular weight is 305 g/mol. The minimum absolute atomic E-state index is 0.237. The molecule has 2 fully saturated rings. The van der Waals surface area contributed by atoms with Gasteiger partial charge >= 0.3 is 0 Å². The lowest BCUT2D eigenvalue weighted by atomic mass is 9.92. The predicted octanol–water partition coefficient (Wildman–Crippen LogP) is 4.38. The maximum absolute atomic E-state index is 6.14. The molecule has 1 N–H and O–H groups in total. The van der Waals surface area contributed by atoms with E-state index in [-0.39, 0.29) is 5.60 Å². The van der Waals surface area contributed by atoms with Crippen LogP contribution in [0.4, 0.5) is 0 Å². The second kappa shape index (κ2) is 7.17. The van der Waals surface area contributed by atoms with Gasteiger partial charge in [0, 0.05) is 23.3 Å². The van der Waals surface area contributed by atoms with Crippen LogP contribution in [-0.4, -0.2) is 24.0 Å². The Morgan fingerprint density at radius 3 is 2.71 bits per heavy atom. The molecule has 3 rings (SSSR count). The van der Waals surface area contributed by atoms with E-state index in [0.717, 1.165) is 24.9 Å². The van der Waals surface area contributed by atoms with E-state index in [1.165, 1.54) is 49.0 Å². The highest BCUT2D eigenvalue weighted by atomic mass is 32.2. The first-order valence-corrected chi connectivity index (χ1v) is 9.28. The zero-order chi connectivity index (χ0) is 14.5. The smallest absolute Gasteiger partial charge is 0.0693 e. The topological polar surface area (TPSA) is 21.3 Å². The molecule has 1 heterocycles. The Kier molecular flexibility index (Phi) is 5.25. The molecule has 1 spiro atoms. The van der Waals surface area contributed by atoms with E-state index in [2.05, 4.69) is 48.3 Å². The summed E-state index contributed by atoms with van der Waals surface area (Å²) in [4.78, 5) is 1.41. The number of hydrogen-bond donors (Lipinski definition) is 1. The van der Waals surface area contributed by atoms with E-state index >= 15 is 0 Å². The van der Waals surface area contributed by atoms with Crippen molar-refractivity contribution in [3.05, 3.63) is 29.8 Å². The van der Waals surface area contributed by atoms with E-state index in [0.29, 0.717) is 0 Å². The predicted molar refractivity (Wildman–Crippen MR) is 89.9 cm³/mol. The number of hydrogen-bond acceptors (Lipinski definition) is 3. The first-order valence-electron chi connectivity index (χ1n) is 8.40. The monoisotopic (exact) mass is 305 g/mol. The molecule has 3 heteroatoms. The molecule has 116 valence electrons. The first-order chi connectivity index (χ1) is 10.3. The van der Waals surface area contributed by atoms with Gasteiger partial charge in [-0.1, -0.05) is 31.9 Å². The van der Waals surface area contributed by atoms with E-state index in [1.54, 1.807) is 0 Å². The maximum atomic E-state index is 6.14. The van der Waals surface area contributed by atoms with E-state index in [1.807, 2.05) is 0 Å². The Hall–Kier alpha value is -0.510. The molecule has 21 heavy (non-hydrogen) atoms. The molecule has 0 amide bonds. The number of rotatable bonds is 5. The highest BCUT2D eigenvalue weighted by molar-refractivity contribution is 8.00. The first kappa shape index (κ1) is 15.4. The second-order valence-corrected chi connectivity index (χ2v) is 7.77. The minimum Gasteiger partial charge on any atom is -0.375 e. The summed E-state index contributed by atoms with van der Waals surface area (Å²) >= 11 is 2.06. The Morgan fingerprint density at radius 1 is 1.24 bits per heavy atom. The normalized spacial score (nSPS) is 24.5. The van der Waals surface area contributed by atoms with Gasteiger partial charge in [-0.2, -0.15) is 0 Å². The molecule has 1 aliphatic carbocycles. The highest BCUT2D eigenvalue weighted by Gasteiger charge is 2.40. The summed E-state index contributed by atoms with van der Waals surface area (Å²) in [5.74, 6) is 0. The fourth-order valence-corrected chi connectivity index (χ4v) is 4.88.